The quantitative estimate of drug-likeness (QED) is 0.777. The third kappa shape index (κ3) is 4.20. The molecule has 0 saturated heterocycles. The molecule has 0 bridgehead atoms. The van der Waals surface area contributed by atoms with Crippen LogP contribution in [0, 0.1) is 0 Å². The third-order valence-corrected chi connectivity index (χ3v) is 3.62. The summed E-state index contributed by atoms with van der Waals surface area (Å²) in [5.74, 6) is 0.594. The molecule has 1 N–H and O–H groups in total. The highest BCUT2D eigenvalue weighted by atomic mass is 15.3. The van der Waals surface area contributed by atoms with Crippen LogP contribution in [0.1, 0.15) is 50.4 Å². The molecule has 0 fully saturated rings. The van der Waals surface area contributed by atoms with Crippen molar-refractivity contribution < 1.29 is 0 Å². The van der Waals surface area contributed by atoms with Gasteiger partial charge in [0.1, 0.15) is 0 Å². The zero-order valence-electron chi connectivity index (χ0n) is 12.7. The fraction of sp³-hybridized carbons (Fsp3) is 0.471. The molecule has 2 aromatic rings. The van der Waals surface area contributed by atoms with Gasteiger partial charge in [-0.2, -0.15) is 5.10 Å². The summed E-state index contributed by atoms with van der Waals surface area (Å²) < 4.78 is 2.00. The van der Waals surface area contributed by atoms with E-state index in [2.05, 4.69) is 67.6 Å². The Bertz CT molecular complexity index is 502. The van der Waals surface area contributed by atoms with Gasteiger partial charge in [-0.05, 0) is 44.4 Å². The summed E-state index contributed by atoms with van der Waals surface area (Å²) in [4.78, 5) is 0. The zero-order chi connectivity index (χ0) is 14.4. The number of rotatable bonds is 7. The van der Waals surface area contributed by atoms with E-state index in [0.29, 0.717) is 12.0 Å². The van der Waals surface area contributed by atoms with Crippen LogP contribution >= 0.6 is 0 Å². The van der Waals surface area contributed by atoms with E-state index in [1.54, 1.807) is 0 Å². The maximum absolute atomic E-state index is 4.54. The molecule has 1 unspecified atom stereocenters. The Balaban J connectivity index is 1.71. The number of nitrogens with zero attached hydrogens (tertiary/aromatic N) is 2. The Hall–Kier alpha value is -1.61. The SMILES string of the molecule is CC(CCNCc1ccn(C(C)C)n1)c1ccccc1. The molecule has 108 valence electrons. The van der Waals surface area contributed by atoms with Gasteiger partial charge in [-0.3, -0.25) is 4.68 Å². The van der Waals surface area contributed by atoms with Crippen molar-refractivity contribution in [3.63, 3.8) is 0 Å². The van der Waals surface area contributed by atoms with Crippen molar-refractivity contribution in [3.8, 4) is 0 Å². The molecule has 1 aromatic carbocycles. The predicted molar refractivity (Wildman–Crippen MR) is 83.8 cm³/mol. The summed E-state index contributed by atoms with van der Waals surface area (Å²) in [7, 11) is 0. The Morgan fingerprint density at radius 1 is 1.10 bits per heavy atom. The molecule has 1 atom stereocenters. The van der Waals surface area contributed by atoms with Crippen molar-refractivity contribution in [1.82, 2.24) is 15.1 Å². The maximum atomic E-state index is 4.54. The standard InChI is InChI=1S/C17H25N3/c1-14(2)20-12-10-17(19-20)13-18-11-9-15(3)16-7-5-4-6-8-16/h4-8,10,12,14-15,18H,9,11,13H2,1-3H3. The molecule has 0 amide bonds. The molecule has 3 nitrogen and oxygen atoms in total. The highest BCUT2D eigenvalue weighted by Crippen LogP contribution is 2.17. The molecule has 1 aromatic heterocycles. The Morgan fingerprint density at radius 2 is 1.85 bits per heavy atom. The van der Waals surface area contributed by atoms with Gasteiger partial charge in [0.2, 0.25) is 0 Å². The van der Waals surface area contributed by atoms with E-state index < -0.39 is 0 Å². The van der Waals surface area contributed by atoms with Gasteiger partial charge in [0.15, 0.2) is 0 Å². The van der Waals surface area contributed by atoms with E-state index in [9.17, 15) is 0 Å². The van der Waals surface area contributed by atoms with E-state index in [4.69, 9.17) is 0 Å². The van der Waals surface area contributed by atoms with Gasteiger partial charge >= 0.3 is 0 Å². The highest BCUT2D eigenvalue weighted by molar-refractivity contribution is 5.18. The average Bonchev–Trinajstić information content (AvgIpc) is 2.93. The smallest absolute Gasteiger partial charge is 0.0762 e. The molecular weight excluding hydrogens is 246 g/mol. The minimum Gasteiger partial charge on any atom is -0.311 e. The number of aromatic nitrogens is 2. The number of hydrogen-bond donors (Lipinski definition) is 1. The van der Waals surface area contributed by atoms with Crippen LogP contribution in [-0.2, 0) is 6.54 Å². The summed E-state index contributed by atoms with van der Waals surface area (Å²) in [5, 5.41) is 8.02. The Morgan fingerprint density at radius 3 is 2.50 bits per heavy atom. The summed E-state index contributed by atoms with van der Waals surface area (Å²) in [6.45, 7) is 8.44. The van der Waals surface area contributed by atoms with Crippen molar-refractivity contribution in [1.29, 1.82) is 0 Å². The molecule has 1 heterocycles. The van der Waals surface area contributed by atoms with E-state index in [0.717, 1.165) is 25.2 Å². The minimum absolute atomic E-state index is 0.432. The van der Waals surface area contributed by atoms with Crippen molar-refractivity contribution >= 4 is 0 Å². The van der Waals surface area contributed by atoms with E-state index in [1.807, 2.05) is 10.9 Å². The van der Waals surface area contributed by atoms with E-state index in [1.165, 1.54) is 5.56 Å². The lowest BCUT2D eigenvalue weighted by atomic mass is 9.98. The third-order valence-electron chi connectivity index (χ3n) is 3.62. The number of benzene rings is 1. The zero-order valence-corrected chi connectivity index (χ0v) is 12.7. The van der Waals surface area contributed by atoms with Crippen LogP contribution in [0.4, 0.5) is 0 Å². The lowest BCUT2D eigenvalue weighted by Gasteiger charge is -2.12. The van der Waals surface area contributed by atoms with E-state index in [-0.39, 0.29) is 0 Å². The first-order valence-electron chi connectivity index (χ1n) is 7.46. The fourth-order valence-electron chi connectivity index (χ4n) is 2.24. The second-order valence-corrected chi connectivity index (χ2v) is 5.66. The van der Waals surface area contributed by atoms with Gasteiger partial charge in [0.25, 0.3) is 0 Å². The molecule has 0 aliphatic heterocycles. The molecule has 0 aliphatic rings. The lowest BCUT2D eigenvalue weighted by Crippen LogP contribution is -2.17. The van der Waals surface area contributed by atoms with Gasteiger partial charge < -0.3 is 5.32 Å². The Kier molecular flexibility index (Phi) is 5.36. The average molecular weight is 271 g/mol. The first-order chi connectivity index (χ1) is 9.66. The molecule has 0 spiro atoms. The first-order valence-corrected chi connectivity index (χ1v) is 7.46. The van der Waals surface area contributed by atoms with Crippen molar-refractivity contribution in [2.75, 3.05) is 6.54 Å². The van der Waals surface area contributed by atoms with Crippen molar-refractivity contribution in [2.24, 2.45) is 0 Å². The maximum Gasteiger partial charge on any atom is 0.0762 e. The fourth-order valence-corrected chi connectivity index (χ4v) is 2.24. The van der Waals surface area contributed by atoms with Crippen LogP contribution in [0.25, 0.3) is 0 Å². The summed E-state index contributed by atoms with van der Waals surface area (Å²) in [6.07, 6.45) is 3.20. The van der Waals surface area contributed by atoms with Gasteiger partial charge in [0.05, 0.1) is 5.69 Å². The molecule has 20 heavy (non-hydrogen) atoms. The van der Waals surface area contributed by atoms with Crippen LogP contribution in [0.2, 0.25) is 0 Å². The topological polar surface area (TPSA) is 29.9 Å². The number of nitrogens with one attached hydrogen (secondary N) is 1. The monoisotopic (exact) mass is 271 g/mol. The Labute approximate surface area is 122 Å². The first kappa shape index (κ1) is 14.8. The van der Waals surface area contributed by atoms with E-state index >= 15 is 0 Å². The van der Waals surface area contributed by atoms with Crippen LogP contribution in [0.15, 0.2) is 42.6 Å². The molecule has 0 saturated carbocycles. The van der Waals surface area contributed by atoms with Crippen LogP contribution in [-0.4, -0.2) is 16.3 Å². The molecule has 3 heteroatoms. The van der Waals surface area contributed by atoms with Crippen LogP contribution in [0.5, 0.6) is 0 Å². The van der Waals surface area contributed by atoms with Gasteiger partial charge in [-0.15, -0.1) is 0 Å². The van der Waals surface area contributed by atoms with Crippen LogP contribution in [0.3, 0.4) is 0 Å². The molecular formula is C17H25N3. The second-order valence-electron chi connectivity index (χ2n) is 5.66. The molecule has 2 rings (SSSR count). The van der Waals surface area contributed by atoms with Gasteiger partial charge in [-0.1, -0.05) is 37.3 Å². The summed E-state index contributed by atoms with van der Waals surface area (Å²) in [5.41, 5.74) is 2.53. The van der Waals surface area contributed by atoms with Gasteiger partial charge in [-0.25, -0.2) is 0 Å². The van der Waals surface area contributed by atoms with Crippen molar-refractivity contribution in [2.45, 2.75) is 45.7 Å². The normalized spacial score (nSPS) is 12.8. The van der Waals surface area contributed by atoms with Crippen LogP contribution < -0.4 is 5.32 Å². The minimum atomic E-state index is 0.432. The second kappa shape index (κ2) is 7.25. The summed E-state index contributed by atoms with van der Waals surface area (Å²) in [6, 6.07) is 13.2. The molecule has 0 aliphatic carbocycles. The number of hydrogen-bond acceptors (Lipinski definition) is 2. The lowest BCUT2D eigenvalue weighted by molar-refractivity contribution is 0.518. The highest BCUT2D eigenvalue weighted by Gasteiger charge is 2.05. The van der Waals surface area contributed by atoms with Crippen molar-refractivity contribution in [3.05, 3.63) is 53.9 Å². The summed E-state index contributed by atoms with van der Waals surface area (Å²) >= 11 is 0. The molecule has 0 radical (unpaired) electrons. The largest absolute Gasteiger partial charge is 0.311 e. The van der Waals surface area contributed by atoms with Gasteiger partial charge in [0, 0.05) is 18.8 Å². The predicted octanol–water partition coefficient (Wildman–Crippen LogP) is 3.75.